The fourth-order valence-corrected chi connectivity index (χ4v) is 6.01. The van der Waals surface area contributed by atoms with Gasteiger partial charge < -0.3 is 14.5 Å². The zero-order valence-corrected chi connectivity index (χ0v) is 23.8. The predicted molar refractivity (Wildman–Crippen MR) is 144 cm³/mol. The Morgan fingerprint density at radius 3 is 1.53 bits per heavy atom. The zero-order chi connectivity index (χ0) is 26.4. The first kappa shape index (κ1) is 33.3. The molecule has 0 bridgehead atoms. The highest BCUT2D eigenvalue weighted by Gasteiger charge is 2.35. The Balaban J connectivity index is 2.04. The van der Waals surface area contributed by atoms with E-state index >= 15 is 0 Å². The lowest BCUT2D eigenvalue weighted by atomic mass is 10.0. The number of phosphoric acid groups is 2. The van der Waals surface area contributed by atoms with Crippen LogP contribution in [0.4, 0.5) is 0 Å². The SMILES string of the molecule is CCCCCCCCCCCCCCCCCCOP(=O)(OCCOc1ccccc1)OP(=O)(O)O. The van der Waals surface area contributed by atoms with Gasteiger partial charge in [0.2, 0.25) is 0 Å². The van der Waals surface area contributed by atoms with Crippen LogP contribution in [0.25, 0.3) is 0 Å². The van der Waals surface area contributed by atoms with E-state index < -0.39 is 15.6 Å². The van der Waals surface area contributed by atoms with Crippen LogP contribution in [0.5, 0.6) is 5.75 Å². The lowest BCUT2D eigenvalue weighted by molar-refractivity contribution is 0.121. The van der Waals surface area contributed by atoms with Crippen LogP contribution in [0.1, 0.15) is 110 Å². The fourth-order valence-electron chi connectivity index (χ4n) is 3.87. The summed E-state index contributed by atoms with van der Waals surface area (Å²) in [6.07, 6.45) is 19.7. The van der Waals surface area contributed by atoms with Crippen molar-refractivity contribution < 1.29 is 37.0 Å². The van der Waals surface area contributed by atoms with Crippen molar-refractivity contribution in [3.8, 4) is 5.75 Å². The Morgan fingerprint density at radius 1 is 0.611 bits per heavy atom. The third kappa shape index (κ3) is 20.4. The molecule has 0 heterocycles. The highest BCUT2D eigenvalue weighted by molar-refractivity contribution is 7.61. The third-order valence-corrected chi connectivity index (χ3v) is 8.45. The molecule has 0 fully saturated rings. The lowest BCUT2D eigenvalue weighted by Gasteiger charge is -2.18. The minimum absolute atomic E-state index is 0.0287. The second-order valence-electron chi connectivity index (χ2n) is 9.15. The number of para-hydroxylation sites is 1. The van der Waals surface area contributed by atoms with Gasteiger partial charge in [-0.2, -0.15) is 4.31 Å². The molecule has 210 valence electrons. The highest BCUT2D eigenvalue weighted by Crippen LogP contribution is 2.61. The van der Waals surface area contributed by atoms with E-state index in [1.165, 1.54) is 77.0 Å². The average Bonchev–Trinajstić information content (AvgIpc) is 2.83. The molecule has 0 saturated carbocycles. The first-order valence-corrected chi connectivity index (χ1v) is 16.7. The summed E-state index contributed by atoms with van der Waals surface area (Å²) in [6.45, 7) is 2.12. The molecule has 1 rings (SSSR count). The third-order valence-electron chi connectivity index (χ3n) is 5.80. The number of rotatable bonds is 25. The summed E-state index contributed by atoms with van der Waals surface area (Å²) in [5.74, 6) is 0.598. The normalized spacial score (nSPS) is 13.5. The Labute approximate surface area is 218 Å². The summed E-state index contributed by atoms with van der Waals surface area (Å²) in [5.41, 5.74) is 0. The Bertz CT molecular complexity index is 726. The molecule has 8 nitrogen and oxygen atoms in total. The number of unbranched alkanes of at least 4 members (excludes halogenated alkanes) is 15. The Morgan fingerprint density at radius 2 is 1.06 bits per heavy atom. The molecule has 1 aromatic carbocycles. The number of hydrogen-bond donors (Lipinski definition) is 2. The maximum absolute atomic E-state index is 12.6. The topological polar surface area (TPSA) is 112 Å². The first-order chi connectivity index (χ1) is 17.3. The summed E-state index contributed by atoms with van der Waals surface area (Å²) in [6, 6.07) is 8.95. The van der Waals surface area contributed by atoms with Gasteiger partial charge in [0.1, 0.15) is 12.4 Å². The molecule has 0 aliphatic rings. The summed E-state index contributed by atoms with van der Waals surface area (Å²) in [7, 11) is -9.44. The van der Waals surface area contributed by atoms with E-state index in [9.17, 15) is 9.13 Å². The van der Waals surface area contributed by atoms with E-state index in [0.29, 0.717) is 12.2 Å². The summed E-state index contributed by atoms with van der Waals surface area (Å²) < 4.78 is 43.7. The standard InChI is InChI=1S/C26H48O8P2/c1-2-3-4-5-6-7-8-9-10-11-12-13-14-15-16-20-23-32-36(30,34-35(27,28)29)33-25-24-31-26-21-18-17-19-22-26/h17-19,21-22H,2-16,20,23-25H2,1H3,(H2,27,28,29). The fraction of sp³-hybridized carbons (Fsp3) is 0.769. The first-order valence-electron chi connectivity index (χ1n) is 13.7. The number of phosphoric ester groups is 1. The van der Waals surface area contributed by atoms with E-state index in [4.69, 9.17) is 23.6 Å². The van der Waals surface area contributed by atoms with E-state index in [1.54, 1.807) is 24.3 Å². The summed E-state index contributed by atoms with van der Waals surface area (Å²) >= 11 is 0. The van der Waals surface area contributed by atoms with Crippen LogP contribution in [0.15, 0.2) is 30.3 Å². The molecule has 0 spiro atoms. The second-order valence-corrected chi connectivity index (χ2v) is 12.2. The van der Waals surface area contributed by atoms with E-state index in [2.05, 4.69) is 11.2 Å². The van der Waals surface area contributed by atoms with Crippen LogP contribution in [-0.2, 0) is 22.5 Å². The molecule has 0 amide bonds. The molecule has 1 aromatic rings. The molecule has 0 radical (unpaired) electrons. The van der Waals surface area contributed by atoms with Crippen molar-refractivity contribution in [1.29, 1.82) is 0 Å². The lowest BCUT2D eigenvalue weighted by Crippen LogP contribution is -2.08. The summed E-state index contributed by atoms with van der Waals surface area (Å²) in [4.78, 5) is 18.1. The minimum atomic E-state index is -5.04. The van der Waals surface area contributed by atoms with Crippen molar-refractivity contribution in [3.63, 3.8) is 0 Å². The second kappa shape index (κ2) is 21.2. The van der Waals surface area contributed by atoms with Gasteiger partial charge in [-0.3, -0.25) is 9.05 Å². The van der Waals surface area contributed by atoms with Crippen LogP contribution in [0, 0.1) is 0 Å². The van der Waals surface area contributed by atoms with E-state index in [0.717, 1.165) is 19.3 Å². The average molecular weight is 551 g/mol. The Kier molecular flexibility index (Phi) is 19.7. The van der Waals surface area contributed by atoms with Crippen molar-refractivity contribution in [2.45, 2.75) is 110 Å². The zero-order valence-electron chi connectivity index (χ0n) is 22.1. The maximum atomic E-state index is 12.6. The highest BCUT2D eigenvalue weighted by atomic mass is 31.3. The molecule has 2 N–H and O–H groups in total. The van der Waals surface area contributed by atoms with Crippen LogP contribution in [0.3, 0.4) is 0 Å². The molecule has 0 aliphatic heterocycles. The van der Waals surface area contributed by atoms with Crippen molar-refractivity contribution >= 4 is 15.6 Å². The molecule has 1 atom stereocenters. The molecular weight excluding hydrogens is 502 g/mol. The molecule has 0 saturated heterocycles. The van der Waals surface area contributed by atoms with Crippen molar-refractivity contribution in [2.75, 3.05) is 19.8 Å². The van der Waals surface area contributed by atoms with Gasteiger partial charge in [0.15, 0.2) is 0 Å². The number of hydrogen-bond acceptors (Lipinski definition) is 6. The summed E-state index contributed by atoms with van der Waals surface area (Å²) in [5, 5.41) is 0. The minimum Gasteiger partial charge on any atom is -0.491 e. The van der Waals surface area contributed by atoms with Crippen LogP contribution in [-0.4, -0.2) is 29.6 Å². The van der Waals surface area contributed by atoms with Crippen LogP contribution in [0.2, 0.25) is 0 Å². The van der Waals surface area contributed by atoms with Gasteiger partial charge in [-0.1, -0.05) is 121 Å². The largest absolute Gasteiger partial charge is 0.491 e. The maximum Gasteiger partial charge on any atom is 0.483 e. The van der Waals surface area contributed by atoms with Gasteiger partial charge in [0, 0.05) is 0 Å². The van der Waals surface area contributed by atoms with E-state index in [1.807, 2.05) is 6.07 Å². The van der Waals surface area contributed by atoms with Gasteiger partial charge in [-0.15, -0.1) is 0 Å². The molecule has 36 heavy (non-hydrogen) atoms. The molecule has 10 heteroatoms. The molecule has 1 unspecified atom stereocenters. The monoisotopic (exact) mass is 550 g/mol. The molecule has 0 aliphatic carbocycles. The predicted octanol–water partition coefficient (Wildman–Crippen LogP) is 8.58. The Hall–Kier alpha value is -0.720. The quantitative estimate of drug-likeness (QED) is 0.0920. The van der Waals surface area contributed by atoms with Crippen molar-refractivity contribution in [3.05, 3.63) is 30.3 Å². The smallest absolute Gasteiger partial charge is 0.483 e. The molecule has 0 aromatic heterocycles. The van der Waals surface area contributed by atoms with Gasteiger partial charge >= 0.3 is 15.6 Å². The number of benzene rings is 1. The van der Waals surface area contributed by atoms with E-state index in [-0.39, 0.29) is 19.8 Å². The van der Waals surface area contributed by atoms with Crippen molar-refractivity contribution in [2.24, 2.45) is 0 Å². The van der Waals surface area contributed by atoms with Gasteiger partial charge in [0.05, 0.1) is 13.2 Å². The number of ether oxygens (including phenoxy) is 1. The molecular formula is C26H48O8P2. The van der Waals surface area contributed by atoms with Gasteiger partial charge in [-0.25, -0.2) is 9.13 Å². The van der Waals surface area contributed by atoms with Gasteiger partial charge in [0.25, 0.3) is 0 Å². The van der Waals surface area contributed by atoms with Crippen LogP contribution < -0.4 is 4.74 Å². The van der Waals surface area contributed by atoms with Crippen molar-refractivity contribution in [1.82, 2.24) is 0 Å². The van der Waals surface area contributed by atoms with Crippen LogP contribution >= 0.6 is 15.6 Å². The van der Waals surface area contributed by atoms with Gasteiger partial charge in [-0.05, 0) is 18.6 Å².